The van der Waals surface area contributed by atoms with E-state index in [4.69, 9.17) is 20.5 Å². The zero-order chi connectivity index (χ0) is 21.6. The summed E-state index contributed by atoms with van der Waals surface area (Å²) < 4.78 is 38.3. The fourth-order valence-electron chi connectivity index (χ4n) is 3.63. The summed E-state index contributed by atoms with van der Waals surface area (Å²) in [5.74, 6) is -0.830. The normalized spacial score (nSPS) is 22.7. The van der Waals surface area contributed by atoms with E-state index in [1.807, 2.05) is 30.3 Å². The van der Waals surface area contributed by atoms with E-state index in [0.29, 0.717) is 24.1 Å². The molecule has 2 unspecified atom stereocenters. The Morgan fingerprint density at radius 2 is 2.07 bits per heavy atom. The van der Waals surface area contributed by atoms with Crippen LogP contribution in [0.3, 0.4) is 0 Å². The summed E-state index contributed by atoms with van der Waals surface area (Å²) in [6.45, 7) is 1.48. The van der Waals surface area contributed by atoms with Crippen LogP contribution < -0.4 is 5.73 Å². The first-order valence-corrected chi connectivity index (χ1v) is 10.5. The minimum atomic E-state index is -0.961. The van der Waals surface area contributed by atoms with Crippen molar-refractivity contribution in [2.45, 2.75) is 18.6 Å². The van der Waals surface area contributed by atoms with Gasteiger partial charge in [0.25, 0.3) is 0 Å². The molecule has 0 aliphatic carbocycles. The SMILES string of the molecule is COCc1ccccc1.N#Cc1cc(C23COCCC2CSC(N)=N3)c(F)cc1F. The molecule has 5 nitrogen and oxygen atoms in total. The molecule has 0 spiro atoms. The van der Waals surface area contributed by atoms with Gasteiger partial charge in [-0.15, -0.1) is 0 Å². The number of ether oxygens (including phenoxy) is 2. The third-order valence-electron chi connectivity index (χ3n) is 5.15. The van der Waals surface area contributed by atoms with Crippen LogP contribution >= 0.6 is 11.8 Å². The fraction of sp³-hybridized carbons (Fsp3) is 0.364. The highest BCUT2D eigenvalue weighted by Crippen LogP contribution is 2.45. The third kappa shape index (κ3) is 4.81. The first-order valence-electron chi connectivity index (χ1n) is 9.48. The van der Waals surface area contributed by atoms with Gasteiger partial charge in [-0.1, -0.05) is 42.1 Å². The lowest BCUT2D eigenvalue weighted by Gasteiger charge is -2.43. The fourth-order valence-corrected chi connectivity index (χ4v) is 4.68. The quantitative estimate of drug-likeness (QED) is 0.796. The molecule has 0 aromatic heterocycles. The zero-order valence-corrected chi connectivity index (χ0v) is 17.4. The van der Waals surface area contributed by atoms with E-state index in [1.54, 1.807) is 13.2 Å². The van der Waals surface area contributed by atoms with Crippen molar-refractivity contribution in [1.29, 1.82) is 5.26 Å². The molecule has 8 heteroatoms. The summed E-state index contributed by atoms with van der Waals surface area (Å²) in [6.07, 6.45) is 0.725. The number of halogens is 2. The van der Waals surface area contributed by atoms with Crippen LogP contribution in [0, 0.1) is 28.9 Å². The van der Waals surface area contributed by atoms with Gasteiger partial charge in [-0.05, 0) is 18.1 Å². The van der Waals surface area contributed by atoms with Crippen molar-refractivity contribution in [2.24, 2.45) is 16.6 Å². The first-order chi connectivity index (χ1) is 14.5. The first kappa shape index (κ1) is 22.2. The molecule has 2 aromatic rings. The van der Waals surface area contributed by atoms with Crippen molar-refractivity contribution in [3.05, 3.63) is 70.8 Å². The minimum Gasteiger partial charge on any atom is -0.380 e. The topological polar surface area (TPSA) is 80.6 Å². The maximum Gasteiger partial charge on any atom is 0.154 e. The molecule has 1 saturated heterocycles. The summed E-state index contributed by atoms with van der Waals surface area (Å²) >= 11 is 1.43. The molecule has 2 heterocycles. The summed E-state index contributed by atoms with van der Waals surface area (Å²) in [6, 6.07) is 13.8. The number of nitrogens with two attached hydrogens (primary N) is 1. The van der Waals surface area contributed by atoms with Gasteiger partial charge in [0.05, 0.1) is 18.8 Å². The lowest BCUT2D eigenvalue weighted by Crippen LogP contribution is -2.48. The number of benzene rings is 2. The number of nitriles is 1. The van der Waals surface area contributed by atoms with Crippen LogP contribution in [-0.2, 0) is 21.6 Å². The van der Waals surface area contributed by atoms with Crippen molar-refractivity contribution in [1.82, 2.24) is 0 Å². The molecule has 2 aromatic carbocycles. The minimum absolute atomic E-state index is 0.0510. The summed E-state index contributed by atoms with van der Waals surface area (Å²) in [5.41, 5.74) is 6.06. The van der Waals surface area contributed by atoms with E-state index in [9.17, 15) is 8.78 Å². The van der Waals surface area contributed by atoms with E-state index in [0.717, 1.165) is 12.5 Å². The van der Waals surface area contributed by atoms with Crippen LogP contribution in [0.25, 0.3) is 0 Å². The summed E-state index contributed by atoms with van der Waals surface area (Å²) in [4.78, 5) is 4.43. The molecular formula is C22H23F2N3O2S. The predicted octanol–water partition coefficient (Wildman–Crippen LogP) is 3.96. The number of aliphatic imine (C=N–C) groups is 1. The molecule has 2 atom stereocenters. The maximum absolute atomic E-state index is 14.3. The number of hydrogen-bond donors (Lipinski definition) is 1. The molecule has 1 fully saturated rings. The Balaban J connectivity index is 0.000000239. The van der Waals surface area contributed by atoms with E-state index in [-0.39, 0.29) is 23.7 Å². The Hall–Kier alpha value is -2.47. The predicted molar refractivity (Wildman–Crippen MR) is 113 cm³/mol. The van der Waals surface area contributed by atoms with Crippen LogP contribution in [0.2, 0.25) is 0 Å². The molecule has 0 amide bonds. The smallest absolute Gasteiger partial charge is 0.154 e. The number of nitrogens with zero attached hydrogens (tertiary/aromatic N) is 2. The molecule has 30 heavy (non-hydrogen) atoms. The van der Waals surface area contributed by atoms with Gasteiger partial charge in [-0.2, -0.15) is 5.26 Å². The molecular weight excluding hydrogens is 408 g/mol. The molecule has 0 saturated carbocycles. The average Bonchev–Trinajstić information content (AvgIpc) is 2.75. The monoisotopic (exact) mass is 431 g/mol. The van der Waals surface area contributed by atoms with Crippen molar-refractivity contribution in [3.8, 4) is 6.07 Å². The Morgan fingerprint density at radius 1 is 1.30 bits per heavy atom. The van der Waals surface area contributed by atoms with Crippen molar-refractivity contribution in [2.75, 3.05) is 26.1 Å². The number of hydrogen-bond acceptors (Lipinski definition) is 6. The number of rotatable bonds is 3. The number of fused-ring (bicyclic) bond motifs is 1. The molecule has 2 aliphatic heterocycles. The second-order valence-electron chi connectivity index (χ2n) is 7.07. The molecule has 2 aliphatic rings. The average molecular weight is 432 g/mol. The highest BCUT2D eigenvalue weighted by Gasteiger charge is 2.47. The summed E-state index contributed by atoms with van der Waals surface area (Å²) in [5, 5.41) is 9.33. The number of amidine groups is 1. The lowest BCUT2D eigenvalue weighted by atomic mass is 9.76. The van der Waals surface area contributed by atoms with Crippen LogP contribution in [-0.4, -0.2) is 31.2 Å². The lowest BCUT2D eigenvalue weighted by molar-refractivity contribution is 0.00296. The van der Waals surface area contributed by atoms with E-state index in [1.165, 1.54) is 23.4 Å². The van der Waals surface area contributed by atoms with Crippen molar-refractivity contribution >= 4 is 16.9 Å². The Bertz CT molecular complexity index is 949. The highest BCUT2D eigenvalue weighted by molar-refractivity contribution is 8.13. The third-order valence-corrected chi connectivity index (χ3v) is 6.10. The molecule has 0 radical (unpaired) electrons. The molecule has 2 N–H and O–H groups in total. The van der Waals surface area contributed by atoms with Gasteiger partial charge in [0.15, 0.2) is 5.17 Å². The second-order valence-corrected chi connectivity index (χ2v) is 8.11. The molecule has 0 bridgehead atoms. The van der Waals surface area contributed by atoms with E-state index >= 15 is 0 Å². The van der Waals surface area contributed by atoms with Crippen LogP contribution in [0.1, 0.15) is 23.1 Å². The maximum atomic E-state index is 14.3. The standard InChI is InChI=1S/C14H13F2N3OS.C8H10O/c15-11-4-12(16)10(3-8(11)5-17)14-7-20-2-1-9(14)6-21-13(18)19-14;1-9-7-8-5-3-2-4-6-8/h3-4,9H,1-2,6-7H2,(H2,18,19);2-6H,7H2,1H3. The molecule has 4 rings (SSSR count). The zero-order valence-electron chi connectivity index (χ0n) is 16.6. The Morgan fingerprint density at radius 3 is 2.77 bits per heavy atom. The van der Waals surface area contributed by atoms with Crippen LogP contribution in [0.15, 0.2) is 47.5 Å². The number of methoxy groups -OCH3 is 1. The van der Waals surface area contributed by atoms with E-state index < -0.39 is 17.2 Å². The Labute approximate surface area is 178 Å². The van der Waals surface area contributed by atoms with Gasteiger partial charge in [-0.25, -0.2) is 13.8 Å². The van der Waals surface area contributed by atoms with Crippen molar-refractivity contribution in [3.63, 3.8) is 0 Å². The van der Waals surface area contributed by atoms with Crippen LogP contribution in [0.5, 0.6) is 0 Å². The van der Waals surface area contributed by atoms with Crippen molar-refractivity contribution < 1.29 is 18.3 Å². The van der Waals surface area contributed by atoms with E-state index in [2.05, 4.69) is 4.99 Å². The second kappa shape index (κ2) is 10.0. The van der Waals surface area contributed by atoms with Gasteiger partial charge < -0.3 is 15.2 Å². The highest BCUT2D eigenvalue weighted by atomic mass is 32.2. The van der Waals surface area contributed by atoms with Gasteiger partial charge in [0, 0.05) is 37.0 Å². The van der Waals surface area contributed by atoms with Crippen LogP contribution in [0.4, 0.5) is 8.78 Å². The van der Waals surface area contributed by atoms with Gasteiger partial charge in [0.1, 0.15) is 23.2 Å². The number of thioether (sulfide) groups is 1. The Kier molecular flexibility index (Phi) is 7.43. The van der Waals surface area contributed by atoms with Gasteiger partial charge in [0.2, 0.25) is 0 Å². The van der Waals surface area contributed by atoms with Gasteiger partial charge >= 0.3 is 0 Å². The molecule has 158 valence electrons. The van der Waals surface area contributed by atoms with Gasteiger partial charge in [-0.3, -0.25) is 0 Å². The largest absolute Gasteiger partial charge is 0.380 e. The summed E-state index contributed by atoms with van der Waals surface area (Å²) in [7, 11) is 1.70.